The van der Waals surface area contributed by atoms with E-state index in [1.165, 1.54) is 6.07 Å². The molecule has 0 aliphatic heterocycles. The van der Waals surface area contributed by atoms with E-state index in [1.54, 1.807) is 0 Å². The van der Waals surface area contributed by atoms with Gasteiger partial charge in [0.15, 0.2) is 0 Å². The van der Waals surface area contributed by atoms with Gasteiger partial charge in [-0.3, -0.25) is 14.9 Å². The highest BCUT2D eigenvalue weighted by atomic mass is 16.6. The first-order valence-electron chi connectivity index (χ1n) is 6.91. The second kappa shape index (κ2) is 8.47. The molecule has 1 rings (SSSR count). The first-order valence-corrected chi connectivity index (χ1v) is 6.91. The van der Waals surface area contributed by atoms with E-state index in [1.807, 2.05) is 13.8 Å². The van der Waals surface area contributed by atoms with Crippen molar-refractivity contribution >= 4 is 24.2 Å². The quantitative estimate of drug-likeness (QED) is 0.348. The molecule has 1 aromatic carbocycles. The number of carbonyl (C=O) groups excluding carboxylic acids is 1. The molecule has 3 N–H and O–H groups in total. The lowest BCUT2D eigenvalue weighted by atomic mass is 9.78. The van der Waals surface area contributed by atoms with Crippen molar-refractivity contribution in [2.75, 3.05) is 13.2 Å². The number of nitrogens with one attached hydrogen (secondary N) is 1. The minimum atomic E-state index is -1.97. The maximum absolute atomic E-state index is 11.9. The molecule has 1 unspecified atom stereocenters. The molecule has 0 aromatic heterocycles. The van der Waals surface area contributed by atoms with Crippen LogP contribution in [0.5, 0.6) is 0 Å². The first kappa shape index (κ1) is 18.1. The van der Waals surface area contributed by atoms with Crippen molar-refractivity contribution in [3.05, 3.63) is 33.9 Å². The molecule has 9 heteroatoms. The number of nitro benzene ring substituents is 1. The van der Waals surface area contributed by atoms with Gasteiger partial charge in [-0.1, -0.05) is 6.07 Å². The van der Waals surface area contributed by atoms with Gasteiger partial charge in [0.25, 0.3) is 11.6 Å². The molecule has 8 nitrogen and oxygen atoms in total. The Hall–Kier alpha value is -1.97. The maximum atomic E-state index is 11.9. The number of hydrogen-bond acceptors (Lipinski definition) is 6. The van der Waals surface area contributed by atoms with Crippen LogP contribution in [0.15, 0.2) is 18.2 Å². The van der Waals surface area contributed by atoms with E-state index in [0.29, 0.717) is 19.6 Å². The van der Waals surface area contributed by atoms with E-state index in [0.717, 1.165) is 12.1 Å². The molecule has 22 heavy (non-hydrogen) atoms. The van der Waals surface area contributed by atoms with Crippen LogP contribution in [0.25, 0.3) is 0 Å². The maximum Gasteiger partial charge on any atom is 0.495 e. The Morgan fingerprint density at radius 3 is 2.73 bits per heavy atom. The molecule has 1 amide bonds. The zero-order valence-electron chi connectivity index (χ0n) is 12.5. The van der Waals surface area contributed by atoms with Crippen molar-refractivity contribution in [3.8, 4) is 0 Å². The Bertz CT molecular complexity index is 537. The fourth-order valence-corrected chi connectivity index (χ4v) is 1.92. The van der Waals surface area contributed by atoms with Crippen LogP contribution in [0.3, 0.4) is 0 Å². The van der Waals surface area contributed by atoms with Crippen molar-refractivity contribution in [1.29, 1.82) is 0 Å². The predicted octanol–water partition coefficient (Wildman–Crippen LogP) is -0.180. The van der Waals surface area contributed by atoms with Crippen molar-refractivity contribution < 1.29 is 24.5 Å². The molecular weight excluding hydrogens is 291 g/mol. The Labute approximate surface area is 128 Å². The summed E-state index contributed by atoms with van der Waals surface area (Å²) < 4.78 is 5.33. The molecule has 120 valence electrons. The van der Waals surface area contributed by atoms with Gasteiger partial charge in [0.05, 0.1) is 16.5 Å². The van der Waals surface area contributed by atoms with Gasteiger partial charge in [0.2, 0.25) is 0 Å². The summed E-state index contributed by atoms with van der Waals surface area (Å²) in [6.07, 6.45) is 0.626. The third kappa shape index (κ3) is 5.10. The third-order valence-corrected chi connectivity index (χ3v) is 3.06. The molecule has 0 heterocycles. The van der Waals surface area contributed by atoms with Gasteiger partial charge < -0.3 is 20.1 Å². The standard InChI is InChI=1S/C13H19BN2O6/c1-3-22-9(2)6-7-15-13(17)10-4-5-11(14(18)19)12(8-10)16(20)21/h4-5,8-9,18-19H,3,6-7H2,1-2H3,(H,15,17). The Balaban J connectivity index is 2.74. The van der Waals surface area contributed by atoms with E-state index in [4.69, 9.17) is 14.8 Å². The van der Waals surface area contributed by atoms with Gasteiger partial charge in [-0.25, -0.2) is 0 Å². The highest BCUT2D eigenvalue weighted by Crippen LogP contribution is 2.12. The Kier molecular flexibility index (Phi) is 6.96. The molecule has 0 aliphatic carbocycles. The van der Waals surface area contributed by atoms with Crippen LogP contribution < -0.4 is 10.8 Å². The molecule has 0 saturated carbocycles. The number of benzene rings is 1. The Morgan fingerprint density at radius 1 is 1.50 bits per heavy atom. The highest BCUT2D eigenvalue weighted by molar-refractivity contribution is 6.60. The van der Waals surface area contributed by atoms with Crippen LogP contribution in [0.2, 0.25) is 0 Å². The van der Waals surface area contributed by atoms with Crippen LogP contribution in [-0.2, 0) is 4.74 Å². The lowest BCUT2D eigenvalue weighted by Gasteiger charge is -2.12. The summed E-state index contributed by atoms with van der Waals surface area (Å²) in [7, 11) is -1.97. The van der Waals surface area contributed by atoms with Crippen LogP contribution >= 0.6 is 0 Å². The minimum Gasteiger partial charge on any atom is -0.423 e. The molecule has 0 saturated heterocycles. The zero-order chi connectivity index (χ0) is 16.7. The molecular formula is C13H19BN2O6. The fourth-order valence-electron chi connectivity index (χ4n) is 1.92. The van der Waals surface area contributed by atoms with Crippen molar-refractivity contribution in [3.63, 3.8) is 0 Å². The van der Waals surface area contributed by atoms with Gasteiger partial charge in [-0.15, -0.1) is 0 Å². The van der Waals surface area contributed by atoms with Crippen LogP contribution in [0.1, 0.15) is 30.6 Å². The van der Waals surface area contributed by atoms with Crippen molar-refractivity contribution in [2.24, 2.45) is 0 Å². The average Bonchev–Trinajstić information content (AvgIpc) is 2.46. The van der Waals surface area contributed by atoms with Crippen molar-refractivity contribution in [1.82, 2.24) is 5.32 Å². The van der Waals surface area contributed by atoms with Crippen LogP contribution in [-0.4, -0.2) is 47.3 Å². The second-order valence-electron chi connectivity index (χ2n) is 4.71. The fraction of sp³-hybridized carbons (Fsp3) is 0.462. The number of carbonyl (C=O) groups is 1. The Morgan fingerprint density at radius 2 is 2.18 bits per heavy atom. The molecule has 1 aromatic rings. The molecule has 0 spiro atoms. The van der Waals surface area contributed by atoms with Gasteiger partial charge in [0, 0.05) is 24.8 Å². The second-order valence-corrected chi connectivity index (χ2v) is 4.71. The largest absolute Gasteiger partial charge is 0.495 e. The summed E-state index contributed by atoms with van der Waals surface area (Å²) in [4.78, 5) is 22.1. The SMILES string of the molecule is CCOC(C)CCNC(=O)c1ccc(B(O)O)c([N+](=O)[O-])c1. The van der Waals surface area contributed by atoms with Crippen LogP contribution in [0.4, 0.5) is 5.69 Å². The van der Waals surface area contributed by atoms with Gasteiger partial charge in [-0.05, 0) is 26.3 Å². The number of amides is 1. The van der Waals surface area contributed by atoms with Gasteiger partial charge >= 0.3 is 7.12 Å². The van der Waals surface area contributed by atoms with E-state index in [-0.39, 0.29) is 17.1 Å². The highest BCUT2D eigenvalue weighted by Gasteiger charge is 2.25. The van der Waals surface area contributed by atoms with E-state index in [2.05, 4.69) is 5.32 Å². The summed E-state index contributed by atoms with van der Waals surface area (Å²) in [5, 5.41) is 31.7. The normalized spacial score (nSPS) is 11.8. The smallest absolute Gasteiger partial charge is 0.423 e. The van der Waals surface area contributed by atoms with Gasteiger partial charge in [0.1, 0.15) is 0 Å². The van der Waals surface area contributed by atoms with Crippen LogP contribution in [0, 0.1) is 10.1 Å². The third-order valence-electron chi connectivity index (χ3n) is 3.06. The molecule has 0 radical (unpaired) electrons. The molecule has 0 fully saturated rings. The van der Waals surface area contributed by atoms with Gasteiger partial charge in [-0.2, -0.15) is 0 Å². The number of nitrogens with zero attached hydrogens (tertiary/aromatic N) is 1. The summed E-state index contributed by atoms with van der Waals surface area (Å²) in [6.45, 7) is 4.73. The number of rotatable bonds is 8. The number of ether oxygens (including phenoxy) is 1. The zero-order valence-corrected chi connectivity index (χ0v) is 12.5. The first-order chi connectivity index (χ1) is 10.4. The number of hydrogen-bond donors (Lipinski definition) is 3. The molecule has 0 bridgehead atoms. The lowest BCUT2D eigenvalue weighted by Crippen LogP contribution is -2.33. The average molecular weight is 310 g/mol. The lowest BCUT2D eigenvalue weighted by molar-refractivity contribution is -0.383. The van der Waals surface area contributed by atoms with E-state index >= 15 is 0 Å². The topological polar surface area (TPSA) is 122 Å². The predicted molar refractivity (Wildman–Crippen MR) is 81.0 cm³/mol. The van der Waals surface area contributed by atoms with Crippen molar-refractivity contribution in [2.45, 2.75) is 26.4 Å². The molecule has 0 aliphatic rings. The summed E-state index contributed by atoms with van der Waals surface area (Å²) in [6, 6.07) is 3.49. The monoisotopic (exact) mass is 310 g/mol. The summed E-state index contributed by atoms with van der Waals surface area (Å²) in [5.41, 5.74) is -0.683. The summed E-state index contributed by atoms with van der Waals surface area (Å²) in [5.74, 6) is -0.467. The number of nitro groups is 1. The van der Waals surface area contributed by atoms with E-state index in [9.17, 15) is 14.9 Å². The minimum absolute atomic E-state index is 0.00606. The summed E-state index contributed by atoms with van der Waals surface area (Å²) >= 11 is 0. The molecule has 1 atom stereocenters. The van der Waals surface area contributed by atoms with E-state index < -0.39 is 23.6 Å².